The molecular formula is C19H32N2. The minimum Gasteiger partial charge on any atom is -0.374 e. The highest BCUT2D eigenvalue weighted by atomic mass is 15.1. The fraction of sp³-hybridized carbons (Fsp3) is 0.684. The van der Waals surface area contributed by atoms with E-state index >= 15 is 0 Å². The Labute approximate surface area is 130 Å². The average molecular weight is 288 g/mol. The van der Waals surface area contributed by atoms with Crippen molar-refractivity contribution in [3.8, 4) is 0 Å². The van der Waals surface area contributed by atoms with E-state index in [4.69, 9.17) is 0 Å². The fourth-order valence-corrected chi connectivity index (χ4v) is 3.84. The molecule has 0 unspecified atom stereocenters. The standard InChI is InChI=1S/C19H32N2/c1-4-20-15-19(13-9-5-6-10-14-19)16-21(3)18-12-8-7-11-17(18)2/h7-8,11-12,20H,4-6,9-10,13-16H2,1-3H3. The van der Waals surface area contributed by atoms with Crippen LogP contribution in [0.25, 0.3) is 0 Å². The SMILES string of the molecule is CCNCC1(CN(C)c2ccccc2C)CCCCCC1. The topological polar surface area (TPSA) is 15.3 Å². The zero-order valence-corrected chi connectivity index (χ0v) is 14.1. The van der Waals surface area contributed by atoms with Crippen molar-refractivity contribution >= 4 is 5.69 Å². The molecule has 118 valence electrons. The fourth-order valence-electron chi connectivity index (χ4n) is 3.84. The summed E-state index contributed by atoms with van der Waals surface area (Å²) < 4.78 is 0. The maximum absolute atomic E-state index is 3.63. The van der Waals surface area contributed by atoms with Crippen LogP contribution in [-0.4, -0.2) is 26.7 Å². The Bertz CT molecular complexity index is 419. The van der Waals surface area contributed by atoms with Gasteiger partial charge in [-0.2, -0.15) is 0 Å². The van der Waals surface area contributed by atoms with E-state index in [-0.39, 0.29) is 0 Å². The van der Waals surface area contributed by atoms with Gasteiger partial charge in [0.25, 0.3) is 0 Å². The molecule has 1 aliphatic rings. The van der Waals surface area contributed by atoms with Gasteiger partial charge >= 0.3 is 0 Å². The molecule has 2 rings (SSSR count). The second-order valence-corrected chi connectivity index (χ2v) is 6.84. The summed E-state index contributed by atoms with van der Waals surface area (Å²) in [5, 5.41) is 3.63. The first-order valence-electron chi connectivity index (χ1n) is 8.64. The van der Waals surface area contributed by atoms with Crippen LogP contribution in [-0.2, 0) is 0 Å². The Balaban J connectivity index is 2.11. The van der Waals surface area contributed by atoms with Gasteiger partial charge in [0.1, 0.15) is 0 Å². The lowest BCUT2D eigenvalue weighted by Crippen LogP contribution is -2.43. The number of hydrogen-bond donors (Lipinski definition) is 1. The van der Waals surface area contributed by atoms with E-state index in [9.17, 15) is 0 Å². The molecule has 0 heterocycles. The molecular weight excluding hydrogens is 256 g/mol. The Kier molecular flexibility index (Phi) is 6.10. The van der Waals surface area contributed by atoms with E-state index in [1.807, 2.05) is 0 Å². The monoisotopic (exact) mass is 288 g/mol. The first kappa shape index (κ1) is 16.4. The smallest absolute Gasteiger partial charge is 0.0393 e. The third kappa shape index (κ3) is 4.47. The van der Waals surface area contributed by atoms with Crippen LogP contribution in [0.3, 0.4) is 0 Å². The highest BCUT2D eigenvalue weighted by Crippen LogP contribution is 2.36. The lowest BCUT2D eigenvalue weighted by Gasteiger charge is -2.38. The normalized spacial score (nSPS) is 18.2. The van der Waals surface area contributed by atoms with Gasteiger partial charge in [0, 0.05) is 31.2 Å². The van der Waals surface area contributed by atoms with Crippen molar-refractivity contribution in [1.29, 1.82) is 0 Å². The second-order valence-electron chi connectivity index (χ2n) is 6.84. The number of nitrogens with one attached hydrogen (secondary N) is 1. The van der Waals surface area contributed by atoms with Gasteiger partial charge in [-0.15, -0.1) is 0 Å². The van der Waals surface area contributed by atoms with Crippen molar-refractivity contribution in [3.05, 3.63) is 29.8 Å². The second kappa shape index (κ2) is 7.84. The quantitative estimate of drug-likeness (QED) is 0.781. The zero-order valence-electron chi connectivity index (χ0n) is 14.1. The maximum Gasteiger partial charge on any atom is 0.0393 e. The van der Waals surface area contributed by atoms with Crippen LogP contribution in [0.2, 0.25) is 0 Å². The molecule has 1 saturated carbocycles. The number of nitrogens with zero attached hydrogens (tertiary/aromatic N) is 1. The molecule has 1 aromatic rings. The lowest BCUT2D eigenvalue weighted by molar-refractivity contribution is 0.241. The molecule has 0 amide bonds. The summed E-state index contributed by atoms with van der Waals surface area (Å²) >= 11 is 0. The van der Waals surface area contributed by atoms with Crippen LogP contribution in [0, 0.1) is 12.3 Å². The van der Waals surface area contributed by atoms with Gasteiger partial charge in [0.2, 0.25) is 0 Å². The molecule has 1 fully saturated rings. The van der Waals surface area contributed by atoms with E-state index in [1.54, 1.807) is 0 Å². The number of benzene rings is 1. The van der Waals surface area contributed by atoms with Gasteiger partial charge in [-0.25, -0.2) is 0 Å². The van der Waals surface area contributed by atoms with E-state index in [0.717, 1.165) is 6.54 Å². The Morgan fingerprint density at radius 1 is 1.10 bits per heavy atom. The third-order valence-corrected chi connectivity index (χ3v) is 5.01. The molecule has 2 heteroatoms. The van der Waals surface area contributed by atoms with Crippen LogP contribution in [0.4, 0.5) is 5.69 Å². The molecule has 0 aromatic heterocycles. The Morgan fingerprint density at radius 3 is 2.38 bits per heavy atom. The third-order valence-electron chi connectivity index (χ3n) is 5.01. The van der Waals surface area contributed by atoms with Crippen molar-refractivity contribution in [2.24, 2.45) is 5.41 Å². The molecule has 21 heavy (non-hydrogen) atoms. The van der Waals surface area contributed by atoms with Crippen molar-refractivity contribution in [2.75, 3.05) is 31.6 Å². The molecule has 0 aliphatic heterocycles. The van der Waals surface area contributed by atoms with Crippen molar-refractivity contribution in [1.82, 2.24) is 5.32 Å². The van der Waals surface area contributed by atoms with Gasteiger partial charge in [-0.05, 0) is 37.9 Å². The first-order valence-corrected chi connectivity index (χ1v) is 8.64. The molecule has 0 radical (unpaired) electrons. The maximum atomic E-state index is 3.63. The number of para-hydroxylation sites is 1. The zero-order chi connectivity index (χ0) is 15.1. The minimum atomic E-state index is 0.448. The lowest BCUT2D eigenvalue weighted by atomic mass is 9.79. The molecule has 2 nitrogen and oxygen atoms in total. The predicted octanol–water partition coefficient (Wildman–Crippen LogP) is 4.38. The van der Waals surface area contributed by atoms with Crippen LogP contribution >= 0.6 is 0 Å². The molecule has 0 bridgehead atoms. The van der Waals surface area contributed by atoms with E-state index in [1.165, 1.54) is 62.9 Å². The molecule has 1 N–H and O–H groups in total. The molecule has 1 aromatic carbocycles. The summed E-state index contributed by atoms with van der Waals surface area (Å²) in [6, 6.07) is 8.76. The largest absolute Gasteiger partial charge is 0.374 e. The highest BCUT2D eigenvalue weighted by Gasteiger charge is 2.32. The summed E-state index contributed by atoms with van der Waals surface area (Å²) in [5.41, 5.74) is 3.22. The molecule has 0 spiro atoms. The molecule has 0 atom stereocenters. The van der Waals surface area contributed by atoms with E-state index < -0.39 is 0 Å². The Hall–Kier alpha value is -1.02. The van der Waals surface area contributed by atoms with Crippen LogP contribution in [0.1, 0.15) is 51.0 Å². The first-order chi connectivity index (χ1) is 10.2. The van der Waals surface area contributed by atoms with Gasteiger partial charge in [0.15, 0.2) is 0 Å². The number of aryl methyl sites for hydroxylation is 1. The van der Waals surface area contributed by atoms with Gasteiger partial charge in [0.05, 0.1) is 0 Å². The minimum absolute atomic E-state index is 0.448. The highest BCUT2D eigenvalue weighted by molar-refractivity contribution is 5.52. The van der Waals surface area contributed by atoms with Crippen molar-refractivity contribution in [2.45, 2.75) is 52.4 Å². The van der Waals surface area contributed by atoms with Crippen molar-refractivity contribution < 1.29 is 0 Å². The summed E-state index contributed by atoms with van der Waals surface area (Å²) in [6.07, 6.45) is 8.37. The van der Waals surface area contributed by atoms with Gasteiger partial charge in [-0.1, -0.05) is 50.8 Å². The van der Waals surface area contributed by atoms with Crippen LogP contribution in [0.5, 0.6) is 0 Å². The van der Waals surface area contributed by atoms with Crippen molar-refractivity contribution in [3.63, 3.8) is 0 Å². The molecule has 0 saturated heterocycles. The number of hydrogen-bond acceptors (Lipinski definition) is 2. The summed E-state index contributed by atoms with van der Waals surface area (Å²) in [6.45, 7) is 7.85. The number of anilines is 1. The van der Waals surface area contributed by atoms with E-state index in [2.05, 4.69) is 55.4 Å². The van der Waals surface area contributed by atoms with Gasteiger partial charge < -0.3 is 10.2 Å². The van der Waals surface area contributed by atoms with Crippen LogP contribution in [0.15, 0.2) is 24.3 Å². The molecule has 1 aliphatic carbocycles. The number of rotatable bonds is 6. The summed E-state index contributed by atoms with van der Waals surface area (Å²) in [5.74, 6) is 0. The summed E-state index contributed by atoms with van der Waals surface area (Å²) in [4.78, 5) is 2.48. The van der Waals surface area contributed by atoms with Crippen LogP contribution < -0.4 is 10.2 Å². The Morgan fingerprint density at radius 2 is 1.76 bits per heavy atom. The predicted molar refractivity (Wildman–Crippen MR) is 93.1 cm³/mol. The van der Waals surface area contributed by atoms with Gasteiger partial charge in [-0.3, -0.25) is 0 Å². The van der Waals surface area contributed by atoms with E-state index in [0.29, 0.717) is 5.41 Å². The summed E-state index contributed by atoms with van der Waals surface area (Å²) in [7, 11) is 2.26. The average Bonchev–Trinajstić information content (AvgIpc) is 2.71.